The lowest BCUT2D eigenvalue weighted by molar-refractivity contribution is -0.149. The molecule has 4 heterocycles. The van der Waals surface area contributed by atoms with Crippen LogP contribution < -0.4 is 0 Å². The van der Waals surface area contributed by atoms with E-state index in [1.165, 1.54) is 11.3 Å². The third-order valence-corrected chi connectivity index (χ3v) is 8.44. The van der Waals surface area contributed by atoms with Gasteiger partial charge in [-0.15, -0.1) is 0 Å². The summed E-state index contributed by atoms with van der Waals surface area (Å²) in [5.41, 5.74) is 7.86. The Labute approximate surface area is 202 Å². The zero-order chi connectivity index (χ0) is 23.9. The fraction of sp³-hybridized carbons (Fsp3) is 0.444. The van der Waals surface area contributed by atoms with E-state index in [0.29, 0.717) is 19.9 Å². The minimum absolute atomic E-state index is 0.488. The SMILES string of the molecule is CCc1c(-c2ccc(C3(C)OCCO3)cc2)n(COCC[Si](C)(C)C)c2ncc3cccn3c12. The fourth-order valence-corrected chi connectivity index (χ4v) is 5.55. The quantitative estimate of drug-likeness (QED) is 0.229. The average Bonchev–Trinajstić information content (AvgIpc) is 3.53. The lowest BCUT2D eigenvalue weighted by Crippen LogP contribution is -2.22. The Hall–Kier alpha value is -2.45. The predicted molar refractivity (Wildman–Crippen MR) is 139 cm³/mol. The maximum atomic E-state index is 6.25. The number of hydrogen-bond acceptors (Lipinski definition) is 4. The first-order valence-corrected chi connectivity index (χ1v) is 16.0. The standard InChI is InChI=1S/C27H35N3O3Si/c1-6-23-24(20-9-11-21(12-10-20)27(2)32-14-15-33-27)30(19-31-16-17-34(3,4)5)26-25(23)29-13-7-8-22(29)18-28-26/h7-13,18H,6,14-17,19H2,1-5H3. The summed E-state index contributed by atoms with van der Waals surface area (Å²) in [6.07, 6.45) is 4.97. The number of rotatable bonds is 8. The van der Waals surface area contributed by atoms with Crippen LogP contribution in [0.15, 0.2) is 48.8 Å². The summed E-state index contributed by atoms with van der Waals surface area (Å²) in [6.45, 7) is 13.9. The van der Waals surface area contributed by atoms with Gasteiger partial charge in [-0.3, -0.25) is 4.57 Å². The van der Waals surface area contributed by atoms with Gasteiger partial charge in [0.2, 0.25) is 0 Å². The van der Waals surface area contributed by atoms with Crippen molar-refractivity contribution < 1.29 is 14.2 Å². The fourth-order valence-electron chi connectivity index (χ4n) is 4.79. The zero-order valence-corrected chi connectivity index (χ0v) is 21.9. The van der Waals surface area contributed by atoms with Crippen LogP contribution >= 0.6 is 0 Å². The van der Waals surface area contributed by atoms with Crippen molar-refractivity contribution in [3.63, 3.8) is 0 Å². The van der Waals surface area contributed by atoms with Gasteiger partial charge in [0.05, 0.1) is 36.1 Å². The molecule has 0 spiro atoms. The van der Waals surface area contributed by atoms with Crippen LogP contribution in [0.25, 0.3) is 27.9 Å². The Bertz CT molecular complexity index is 1290. The minimum atomic E-state index is -1.16. The summed E-state index contributed by atoms with van der Waals surface area (Å²) < 4.78 is 22.5. The van der Waals surface area contributed by atoms with Crippen LogP contribution in [0.1, 0.15) is 25.0 Å². The molecule has 1 aromatic carbocycles. The molecule has 7 heteroatoms. The molecule has 0 amide bonds. The number of fused-ring (bicyclic) bond motifs is 3. The van der Waals surface area contributed by atoms with Crippen molar-refractivity contribution in [3.8, 4) is 11.3 Å². The second-order valence-electron chi connectivity index (χ2n) is 10.4. The summed E-state index contributed by atoms with van der Waals surface area (Å²) in [7, 11) is -1.16. The van der Waals surface area contributed by atoms with Gasteiger partial charge >= 0.3 is 0 Å². The van der Waals surface area contributed by atoms with Gasteiger partial charge in [-0.1, -0.05) is 50.8 Å². The van der Waals surface area contributed by atoms with Crippen molar-refractivity contribution in [2.45, 2.75) is 58.5 Å². The number of nitrogens with zero attached hydrogens (tertiary/aromatic N) is 3. The highest BCUT2D eigenvalue weighted by Crippen LogP contribution is 2.36. The molecule has 34 heavy (non-hydrogen) atoms. The van der Waals surface area contributed by atoms with Crippen LogP contribution in [0.3, 0.4) is 0 Å². The number of aryl methyl sites for hydroxylation is 1. The second-order valence-corrected chi connectivity index (χ2v) is 16.0. The van der Waals surface area contributed by atoms with E-state index >= 15 is 0 Å². The Kier molecular flexibility index (Phi) is 6.14. The molecule has 3 aromatic heterocycles. The molecule has 1 aliphatic rings. The van der Waals surface area contributed by atoms with E-state index in [-0.39, 0.29) is 0 Å². The summed E-state index contributed by atoms with van der Waals surface area (Å²) in [4.78, 5) is 4.89. The van der Waals surface area contributed by atoms with E-state index in [2.05, 4.69) is 78.1 Å². The molecule has 1 fully saturated rings. The highest BCUT2D eigenvalue weighted by molar-refractivity contribution is 6.76. The molecule has 6 nitrogen and oxygen atoms in total. The van der Waals surface area contributed by atoms with Crippen molar-refractivity contribution in [1.29, 1.82) is 0 Å². The van der Waals surface area contributed by atoms with Crippen molar-refractivity contribution in [2.24, 2.45) is 0 Å². The van der Waals surface area contributed by atoms with Crippen LogP contribution in [0.4, 0.5) is 0 Å². The molecule has 0 unspecified atom stereocenters. The summed E-state index contributed by atoms with van der Waals surface area (Å²) in [6, 6.07) is 13.9. The number of ether oxygens (including phenoxy) is 3. The molecule has 0 atom stereocenters. The topological polar surface area (TPSA) is 49.9 Å². The summed E-state index contributed by atoms with van der Waals surface area (Å²) in [5.74, 6) is -0.669. The smallest absolute Gasteiger partial charge is 0.192 e. The lowest BCUT2D eigenvalue weighted by atomic mass is 10.0. The molecule has 0 radical (unpaired) electrons. The van der Waals surface area contributed by atoms with E-state index in [1.54, 1.807) is 0 Å². The molecule has 1 aliphatic heterocycles. The van der Waals surface area contributed by atoms with Crippen LogP contribution in [0.5, 0.6) is 0 Å². The monoisotopic (exact) mass is 477 g/mol. The van der Waals surface area contributed by atoms with Gasteiger partial charge in [-0.05, 0) is 37.1 Å². The van der Waals surface area contributed by atoms with Crippen molar-refractivity contribution >= 4 is 24.8 Å². The Morgan fingerprint density at radius 2 is 1.82 bits per heavy atom. The first-order valence-electron chi connectivity index (χ1n) is 12.2. The van der Waals surface area contributed by atoms with Crippen LogP contribution in [-0.4, -0.2) is 41.8 Å². The Morgan fingerprint density at radius 3 is 2.50 bits per heavy atom. The molecule has 1 saturated heterocycles. The van der Waals surface area contributed by atoms with Gasteiger partial charge in [0, 0.05) is 32.0 Å². The molecular formula is C27H35N3O3Si. The third kappa shape index (κ3) is 4.22. The summed E-state index contributed by atoms with van der Waals surface area (Å²) in [5, 5.41) is 0. The van der Waals surface area contributed by atoms with Crippen LogP contribution in [0, 0.1) is 0 Å². The van der Waals surface area contributed by atoms with Gasteiger partial charge in [0.25, 0.3) is 0 Å². The van der Waals surface area contributed by atoms with Gasteiger partial charge in [-0.25, -0.2) is 4.98 Å². The molecule has 0 N–H and O–H groups in total. The lowest BCUT2D eigenvalue weighted by Gasteiger charge is -2.23. The minimum Gasteiger partial charge on any atom is -0.361 e. The normalized spacial score (nSPS) is 16.1. The van der Waals surface area contributed by atoms with Gasteiger partial charge < -0.3 is 18.6 Å². The van der Waals surface area contributed by atoms with Crippen LogP contribution in [-0.2, 0) is 33.1 Å². The molecule has 5 rings (SSSR count). The van der Waals surface area contributed by atoms with Gasteiger partial charge in [0.15, 0.2) is 11.4 Å². The molecule has 4 aromatic rings. The van der Waals surface area contributed by atoms with Crippen molar-refractivity contribution in [3.05, 3.63) is 59.9 Å². The maximum Gasteiger partial charge on any atom is 0.192 e. The van der Waals surface area contributed by atoms with Gasteiger partial charge in [-0.2, -0.15) is 0 Å². The van der Waals surface area contributed by atoms with E-state index in [0.717, 1.165) is 46.9 Å². The zero-order valence-electron chi connectivity index (χ0n) is 20.9. The molecule has 180 valence electrons. The highest BCUT2D eigenvalue weighted by atomic mass is 28.3. The number of benzene rings is 1. The molecule has 0 aliphatic carbocycles. The van der Waals surface area contributed by atoms with Crippen molar-refractivity contribution in [1.82, 2.24) is 14.0 Å². The Morgan fingerprint density at radius 1 is 1.09 bits per heavy atom. The maximum absolute atomic E-state index is 6.25. The first-order chi connectivity index (χ1) is 16.3. The second kappa shape index (κ2) is 8.96. The largest absolute Gasteiger partial charge is 0.361 e. The molecular weight excluding hydrogens is 442 g/mol. The number of aromatic nitrogens is 3. The number of hydrogen-bond donors (Lipinski definition) is 0. The van der Waals surface area contributed by atoms with Gasteiger partial charge in [0.1, 0.15) is 6.73 Å². The molecule has 0 bridgehead atoms. The molecule has 0 saturated carbocycles. The first kappa shape index (κ1) is 23.3. The van der Waals surface area contributed by atoms with Crippen LogP contribution in [0.2, 0.25) is 25.7 Å². The Balaban J connectivity index is 1.60. The average molecular weight is 478 g/mol. The highest BCUT2D eigenvalue weighted by Gasteiger charge is 2.33. The van der Waals surface area contributed by atoms with E-state index in [1.807, 2.05) is 13.1 Å². The van der Waals surface area contributed by atoms with Crippen molar-refractivity contribution in [2.75, 3.05) is 19.8 Å². The third-order valence-electron chi connectivity index (χ3n) is 6.74. The summed E-state index contributed by atoms with van der Waals surface area (Å²) >= 11 is 0. The van der Waals surface area contributed by atoms with E-state index in [4.69, 9.17) is 19.2 Å². The van der Waals surface area contributed by atoms with E-state index < -0.39 is 13.9 Å². The van der Waals surface area contributed by atoms with E-state index in [9.17, 15) is 0 Å². The predicted octanol–water partition coefficient (Wildman–Crippen LogP) is 6.05.